The maximum absolute atomic E-state index is 13.7. The third-order valence-electron chi connectivity index (χ3n) is 2.96. The van der Waals surface area contributed by atoms with Gasteiger partial charge in [-0.05, 0) is 43.0 Å². The first-order chi connectivity index (χ1) is 8.04. The van der Waals surface area contributed by atoms with Gasteiger partial charge in [0.15, 0.2) is 0 Å². The number of carboxylic acid groups (broad SMARTS) is 1. The van der Waals surface area contributed by atoms with Gasteiger partial charge in [-0.2, -0.15) is 0 Å². The second-order valence-electron chi connectivity index (χ2n) is 4.22. The Balaban J connectivity index is 2.53. The van der Waals surface area contributed by atoms with Gasteiger partial charge in [0.1, 0.15) is 17.7 Å². The van der Waals surface area contributed by atoms with Crippen molar-refractivity contribution in [2.75, 3.05) is 7.05 Å². The van der Waals surface area contributed by atoms with Crippen LogP contribution in [0.15, 0.2) is 12.1 Å². The number of nitrogens with one attached hydrogen (secondary N) is 1. The van der Waals surface area contributed by atoms with Gasteiger partial charge in [-0.1, -0.05) is 0 Å². The van der Waals surface area contributed by atoms with Crippen molar-refractivity contribution in [2.24, 2.45) is 0 Å². The van der Waals surface area contributed by atoms with Gasteiger partial charge >= 0.3 is 5.97 Å². The van der Waals surface area contributed by atoms with Crippen molar-refractivity contribution < 1.29 is 18.7 Å². The lowest BCUT2D eigenvalue weighted by Gasteiger charge is -2.16. The minimum absolute atomic E-state index is 0.0285. The second kappa shape index (κ2) is 4.41. The zero-order valence-electron chi connectivity index (χ0n) is 9.34. The Kier molecular flexibility index (Phi) is 3.11. The van der Waals surface area contributed by atoms with Gasteiger partial charge in [-0.3, -0.25) is 4.79 Å². The van der Waals surface area contributed by atoms with E-state index in [1.807, 2.05) is 0 Å². The Morgan fingerprint density at radius 3 is 2.59 bits per heavy atom. The quantitative estimate of drug-likeness (QED) is 0.849. The van der Waals surface area contributed by atoms with E-state index < -0.39 is 23.6 Å². The number of carboxylic acids is 1. The van der Waals surface area contributed by atoms with E-state index in [9.17, 15) is 13.6 Å². The molecule has 2 N–H and O–H groups in total. The van der Waals surface area contributed by atoms with Gasteiger partial charge < -0.3 is 10.4 Å². The van der Waals surface area contributed by atoms with E-state index in [1.54, 1.807) is 0 Å². The van der Waals surface area contributed by atoms with Crippen molar-refractivity contribution in [1.82, 2.24) is 5.32 Å². The van der Waals surface area contributed by atoms with E-state index in [0.29, 0.717) is 5.56 Å². The number of hydrogen-bond acceptors (Lipinski definition) is 2. The van der Waals surface area contributed by atoms with Crippen LogP contribution in [0.25, 0.3) is 0 Å². The highest BCUT2D eigenvalue weighted by atomic mass is 19.1. The molecule has 1 fully saturated rings. The molecule has 0 unspecified atom stereocenters. The zero-order valence-corrected chi connectivity index (χ0v) is 9.34. The first-order valence-electron chi connectivity index (χ1n) is 5.43. The fraction of sp³-hybridized carbons (Fsp3) is 0.417. The Labute approximate surface area is 97.5 Å². The first-order valence-corrected chi connectivity index (χ1v) is 5.43. The Morgan fingerprint density at radius 1 is 1.47 bits per heavy atom. The molecule has 92 valence electrons. The molecule has 1 aromatic rings. The predicted octanol–water partition coefficient (Wildman–Crippen LogP) is 2.19. The SMILES string of the molecule is CN[C@@H](C(=O)O)c1cc(F)cc(F)c1C1CC1. The molecule has 0 heterocycles. The summed E-state index contributed by atoms with van der Waals surface area (Å²) in [6, 6.07) is 0.841. The van der Waals surface area contributed by atoms with E-state index in [2.05, 4.69) is 5.32 Å². The summed E-state index contributed by atoms with van der Waals surface area (Å²) in [4.78, 5) is 11.0. The maximum Gasteiger partial charge on any atom is 0.325 e. The Hall–Kier alpha value is -1.49. The number of rotatable bonds is 4. The molecule has 0 aliphatic heterocycles. The highest BCUT2D eigenvalue weighted by molar-refractivity contribution is 5.76. The Morgan fingerprint density at radius 2 is 2.12 bits per heavy atom. The standard InChI is InChI=1S/C12H13F2NO2/c1-15-11(12(16)17)8-4-7(13)5-9(14)10(8)6-2-3-6/h4-6,11,15H,2-3H2,1H3,(H,16,17)/t11-/m1/s1. The molecule has 0 aromatic heterocycles. The predicted molar refractivity (Wildman–Crippen MR) is 57.8 cm³/mol. The number of aliphatic carboxylic acids is 1. The summed E-state index contributed by atoms with van der Waals surface area (Å²) in [6.45, 7) is 0. The Bertz CT molecular complexity index is 458. The molecule has 1 aromatic carbocycles. The summed E-state index contributed by atoms with van der Waals surface area (Å²) >= 11 is 0. The van der Waals surface area contributed by atoms with Crippen LogP contribution in [0.3, 0.4) is 0 Å². The summed E-state index contributed by atoms with van der Waals surface area (Å²) in [7, 11) is 1.46. The minimum Gasteiger partial charge on any atom is -0.480 e. The topological polar surface area (TPSA) is 49.3 Å². The molecule has 1 aliphatic rings. The number of carbonyl (C=O) groups is 1. The number of likely N-dealkylation sites (N-methyl/N-ethyl adjacent to an activating group) is 1. The summed E-state index contributed by atoms with van der Waals surface area (Å²) in [5.41, 5.74) is 0.535. The summed E-state index contributed by atoms with van der Waals surface area (Å²) < 4.78 is 26.9. The fourth-order valence-electron chi connectivity index (χ4n) is 2.06. The van der Waals surface area contributed by atoms with Gasteiger partial charge in [-0.25, -0.2) is 8.78 Å². The molecule has 1 atom stereocenters. The van der Waals surface area contributed by atoms with Crippen molar-refractivity contribution in [2.45, 2.75) is 24.8 Å². The monoisotopic (exact) mass is 241 g/mol. The van der Waals surface area contributed by atoms with Crippen LogP contribution in [0.4, 0.5) is 8.78 Å². The van der Waals surface area contributed by atoms with Crippen LogP contribution in [0.2, 0.25) is 0 Å². The van der Waals surface area contributed by atoms with Crippen LogP contribution in [0, 0.1) is 11.6 Å². The summed E-state index contributed by atoms with van der Waals surface area (Å²) in [5, 5.41) is 11.6. The van der Waals surface area contributed by atoms with Gasteiger partial charge in [-0.15, -0.1) is 0 Å². The molecule has 3 nitrogen and oxygen atoms in total. The lowest BCUT2D eigenvalue weighted by atomic mass is 9.96. The third kappa shape index (κ3) is 2.29. The van der Waals surface area contributed by atoms with E-state index in [-0.39, 0.29) is 11.5 Å². The van der Waals surface area contributed by atoms with E-state index >= 15 is 0 Å². The molecule has 2 rings (SSSR count). The molecule has 1 saturated carbocycles. The zero-order chi connectivity index (χ0) is 12.6. The molecule has 1 aliphatic carbocycles. The van der Waals surface area contributed by atoms with Crippen LogP contribution in [0.5, 0.6) is 0 Å². The maximum atomic E-state index is 13.7. The summed E-state index contributed by atoms with van der Waals surface area (Å²) in [6.07, 6.45) is 1.65. The van der Waals surface area contributed by atoms with Crippen LogP contribution in [-0.2, 0) is 4.79 Å². The van der Waals surface area contributed by atoms with E-state index in [4.69, 9.17) is 5.11 Å². The van der Waals surface area contributed by atoms with Gasteiger partial charge in [0.25, 0.3) is 0 Å². The summed E-state index contributed by atoms with van der Waals surface area (Å²) in [5.74, 6) is -2.51. The van der Waals surface area contributed by atoms with Crippen LogP contribution >= 0.6 is 0 Å². The first kappa shape index (κ1) is 12.0. The van der Waals surface area contributed by atoms with Crippen LogP contribution in [0.1, 0.15) is 35.9 Å². The third-order valence-corrected chi connectivity index (χ3v) is 2.96. The van der Waals surface area contributed by atoms with Gasteiger partial charge in [0.2, 0.25) is 0 Å². The second-order valence-corrected chi connectivity index (χ2v) is 4.22. The van der Waals surface area contributed by atoms with Crippen molar-refractivity contribution >= 4 is 5.97 Å². The van der Waals surface area contributed by atoms with E-state index in [0.717, 1.165) is 25.0 Å². The number of benzene rings is 1. The molecule has 0 bridgehead atoms. The van der Waals surface area contributed by atoms with E-state index in [1.165, 1.54) is 7.05 Å². The molecule has 0 amide bonds. The van der Waals surface area contributed by atoms with Crippen molar-refractivity contribution in [3.05, 3.63) is 34.9 Å². The molecule has 0 radical (unpaired) electrons. The van der Waals surface area contributed by atoms with Gasteiger partial charge in [0, 0.05) is 6.07 Å². The normalized spacial score (nSPS) is 16.9. The highest BCUT2D eigenvalue weighted by Crippen LogP contribution is 2.44. The van der Waals surface area contributed by atoms with Crippen LogP contribution in [-0.4, -0.2) is 18.1 Å². The van der Waals surface area contributed by atoms with Gasteiger partial charge in [0.05, 0.1) is 0 Å². The number of hydrogen-bond donors (Lipinski definition) is 2. The van der Waals surface area contributed by atoms with Crippen molar-refractivity contribution in [3.63, 3.8) is 0 Å². The fourth-order valence-corrected chi connectivity index (χ4v) is 2.06. The largest absolute Gasteiger partial charge is 0.480 e. The molecule has 5 heteroatoms. The van der Waals surface area contributed by atoms with Crippen molar-refractivity contribution in [3.8, 4) is 0 Å². The molecule has 0 spiro atoms. The lowest BCUT2D eigenvalue weighted by molar-refractivity contribution is -0.139. The average molecular weight is 241 g/mol. The molecular formula is C12H13F2NO2. The minimum atomic E-state index is -1.14. The van der Waals surface area contributed by atoms with Crippen molar-refractivity contribution in [1.29, 1.82) is 0 Å². The number of halogens is 2. The highest BCUT2D eigenvalue weighted by Gasteiger charge is 2.33. The lowest BCUT2D eigenvalue weighted by Crippen LogP contribution is -2.26. The molecule has 0 saturated heterocycles. The van der Waals surface area contributed by atoms with Crippen LogP contribution < -0.4 is 5.32 Å². The average Bonchev–Trinajstić information content (AvgIpc) is 3.01. The molecule has 17 heavy (non-hydrogen) atoms. The molecular weight excluding hydrogens is 228 g/mol. The smallest absolute Gasteiger partial charge is 0.325 e.